The Morgan fingerprint density at radius 3 is 2.54 bits per heavy atom. The number of benzene rings is 1. The Morgan fingerprint density at radius 1 is 1.14 bits per heavy atom. The molecule has 182 valence electrons. The molecule has 0 unspecified atom stereocenters. The second kappa shape index (κ2) is 9.81. The highest BCUT2D eigenvalue weighted by Crippen LogP contribution is 2.22. The van der Waals surface area contributed by atoms with Crippen molar-refractivity contribution in [3.63, 3.8) is 0 Å². The second-order valence-electron chi connectivity index (χ2n) is 9.23. The van der Waals surface area contributed by atoms with Crippen molar-refractivity contribution >= 4 is 22.7 Å². The summed E-state index contributed by atoms with van der Waals surface area (Å²) in [6.07, 6.45) is 4.13. The van der Waals surface area contributed by atoms with Crippen LogP contribution in [0.3, 0.4) is 0 Å². The zero-order chi connectivity index (χ0) is 25.2. The van der Waals surface area contributed by atoms with Gasteiger partial charge in [-0.3, -0.25) is 4.79 Å². The van der Waals surface area contributed by atoms with Gasteiger partial charge >= 0.3 is 0 Å². The number of hydrogen-bond donors (Lipinski definition) is 2. The monoisotopic (exact) mass is 473 g/mol. The molecule has 9 heteroatoms. The maximum absolute atomic E-state index is 13.1. The van der Waals surface area contributed by atoms with Gasteiger partial charge in [-0.05, 0) is 64.2 Å². The predicted octanol–water partition coefficient (Wildman–Crippen LogP) is 3.24. The average Bonchev–Trinajstić information content (AvgIpc) is 3.09. The van der Waals surface area contributed by atoms with Gasteiger partial charge in [0.05, 0.1) is 12.2 Å². The fraction of sp³-hybridized carbons (Fsp3) is 0.308. The van der Waals surface area contributed by atoms with Crippen molar-refractivity contribution in [2.24, 2.45) is 0 Å². The molecule has 0 aliphatic heterocycles. The zero-order valence-electron chi connectivity index (χ0n) is 20.6. The SMILES string of the molecule is C=CCn1c(=O)c2cnc(Nc3ccc(CCN(C)C)cc3)nc2n1-c1cccc(C(C)(C)O)n1. The van der Waals surface area contributed by atoms with Crippen LogP contribution in [0.5, 0.6) is 0 Å². The van der Waals surface area contributed by atoms with Crippen LogP contribution in [0.15, 0.2) is 66.1 Å². The number of fused-ring (bicyclic) bond motifs is 1. The van der Waals surface area contributed by atoms with E-state index in [1.165, 1.54) is 16.4 Å². The van der Waals surface area contributed by atoms with Crippen molar-refractivity contribution in [1.29, 1.82) is 0 Å². The van der Waals surface area contributed by atoms with E-state index in [9.17, 15) is 9.90 Å². The second-order valence-corrected chi connectivity index (χ2v) is 9.23. The predicted molar refractivity (Wildman–Crippen MR) is 138 cm³/mol. The van der Waals surface area contributed by atoms with E-state index in [0.717, 1.165) is 18.7 Å². The summed E-state index contributed by atoms with van der Waals surface area (Å²) >= 11 is 0. The number of nitrogens with zero attached hydrogens (tertiary/aromatic N) is 6. The van der Waals surface area contributed by atoms with Crippen LogP contribution in [-0.2, 0) is 18.6 Å². The van der Waals surface area contributed by atoms with Crippen LogP contribution in [0.25, 0.3) is 16.9 Å². The summed E-state index contributed by atoms with van der Waals surface area (Å²) < 4.78 is 3.15. The van der Waals surface area contributed by atoms with Gasteiger partial charge in [0.15, 0.2) is 11.5 Å². The smallest absolute Gasteiger partial charge is 0.278 e. The van der Waals surface area contributed by atoms with Gasteiger partial charge in [-0.25, -0.2) is 19.3 Å². The quantitative estimate of drug-likeness (QED) is 0.360. The molecule has 3 aromatic heterocycles. The van der Waals surface area contributed by atoms with Crippen molar-refractivity contribution in [3.8, 4) is 5.82 Å². The number of aromatic nitrogens is 5. The number of nitrogens with one attached hydrogen (secondary N) is 1. The molecule has 0 bridgehead atoms. The minimum atomic E-state index is -1.14. The molecule has 9 nitrogen and oxygen atoms in total. The molecule has 0 aliphatic carbocycles. The van der Waals surface area contributed by atoms with Crippen LogP contribution in [0.1, 0.15) is 25.1 Å². The summed E-state index contributed by atoms with van der Waals surface area (Å²) in [7, 11) is 4.11. The van der Waals surface area contributed by atoms with E-state index in [1.807, 2.05) is 12.1 Å². The van der Waals surface area contributed by atoms with Gasteiger partial charge < -0.3 is 15.3 Å². The zero-order valence-corrected chi connectivity index (χ0v) is 20.6. The van der Waals surface area contributed by atoms with Gasteiger partial charge in [0, 0.05) is 18.4 Å². The molecule has 0 aliphatic rings. The Balaban J connectivity index is 1.74. The molecule has 2 N–H and O–H groups in total. The third kappa shape index (κ3) is 5.31. The normalized spacial score (nSPS) is 11.8. The summed E-state index contributed by atoms with van der Waals surface area (Å²) in [5.41, 5.74) is 1.61. The maximum Gasteiger partial charge on any atom is 0.278 e. The Morgan fingerprint density at radius 2 is 1.89 bits per heavy atom. The summed E-state index contributed by atoms with van der Waals surface area (Å²) in [5.74, 6) is 0.829. The molecule has 0 fully saturated rings. The Labute approximate surface area is 204 Å². The van der Waals surface area contributed by atoms with Crippen LogP contribution in [-0.4, -0.2) is 55.0 Å². The molecule has 3 heterocycles. The van der Waals surface area contributed by atoms with Gasteiger partial charge in [-0.2, -0.15) is 4.98 Å². The van der Waals surface area contributed by atoms with E-state index < -0.39 is 5.60 Å². The van der Waals surface area contributed by atoms with Crippen molar-refractivity contribution in [2.45, 2.75) is 32.4 Å². The molecule has 35 heavy (non-hydrogen) atoms. The van der Waals surface area contributed by atoms with E-state index >= 15 is 0 Å². The first-order valence-electron chi connectivity index (χ1n) is 11.5. The fourth-order valence-electron chi connectivity index (χ4n) is 3.73. The first kappa shape index (κ1) is 24.3. The summed E-state index contributed by atoms with van der Waals surface area (Å²) in [6.45, 7) is 8.36. The van der Waals surface area contributed by atoms with E-state index in [0.29, 0.717) is 28.5 Å². The first-order valence-corrected chi connectivity index (χ1v) is 11.5. The molecular formula is C26H31N7O2. The minimum absolute atomic E-state index is 0.243. The topological polar surface area (TPSA) is 101 Å². The van der Waals surface area contributed by atoms with E-state index in [-0.39, 0.29) is 12.1 Å². The number of aliphatic hydroxyl groups is 1. The lowest BCUT2D eigenvalue weighted by Crippen LogP contribution is -2.23. The van der Waals surface area contributed by atoms with Crippen LogP contribution < -0.4 is 10.9 Å². The standard InChI is InChI=1S/C26H31N7O2/c1-6-15-32-24(34)20-17-27-25(28-19-12-10-18(11-13-19)14-16-31(4)5)30-23(20)33(32)22-9-7-8-21(29-22)26(2,3)35/h6-13,17,35H,1,14-16H2,2-5H3,(H,27,28,30). The molecule has 1 aromatic carbocycles. The summed E-state index contributed by atoms with van der Waals surface area (Å²) in [6, 6.07) is 13.4. The van der Waals surface area contributed by atoms with E-state index in [4.69, 9.17) is 0 Å². The highest BCUT2D eigenvalue weighted by molar-refractivity contribution is 5.77. The number of rotatable bonds is 9. The van der Waals surface area contributed by atoms with Crippen LogP contribution in [0, 0.1) is 0 Å². The average molecular weight is 474 g/mol. The van der Waals surface area contributed by atoms with Gasteiger partial charge in [-0.15, -0.1) is 6.58 Å². The van der Waals surface area contributed by atoms with Gasteiger partial charge in [0.2, 0.25) is 5.95 Å². The van der Waals surface area contributed by atoms with Gasteiger partial charge in [0.25, 0.3) is 5.56 Å². The molecule has 0 saturated carbocycles. The Bertz CT molecular complexity index is 1400. The third-order valence-corrected chi connectivity index (χ3v) is 5.61. The van der Waals surface area contributed by atoms with Crippen LogP contribution in [0.4, 0.5) is 11.6 Å². The largest absolute Gasteiger partial charge is 0.384 e. The van der Waals surface area contributed by atoms with Gasteiger partial charge in [0.1, 0.15) is 11.0 Å². The summed E-state index contributed by atoms with van der Waals surface area (Å²) in [5, 5.41) is 14.0. The Hall–Kier alpha value is -3.82. The number of likely N-dealkylation sites (N-methyl/N-ethyl adjacent to an activating group) is 1. The highest BCUT2D eigenvalue weighted by Gasteiger charge is 2.21. The minimum Gasteiger partial charge on any atom is -0.384 e. The Kier molecular flexibility index (Phi) is 6.81. The molecule has 0 spiro atoms. The van der Waals surface area contributed by atoms with Crippen molar-refractivity contribution in [2.75, 3.05) is 26.0 Å². The third-order valence-electron chi connectivity index (χ3n) is 5.61. The number of anilines is 2. The molecule has 4 aromatic rings. The molecule has 0 atom stereocenters. The highest BCUT2D eigenvalue weighted by atomic mass is 16.3. The number of pyridine rings is 1. The molecule has 0 amide bonds. The maximum atomic E-state index is 13.1. The lowest BCUT2D eigenvalue weighted by atomic mass is 10.1. The molecule has 0 radical (unpaired) electrons. The number of allylic oxidation sites excluding steroid dienone is 1. The lowest BCUT2D eigenvalue weighted by molar-refractivity contribution is 0.0738. The van der Waals surface area contributed by atoms with E-state index in [1.54, 1.807) is 42.8 Å². The van der Waals surface area contributed by atoms with Crippen molar-refractivity contribution in [3.05, 3.63) is 82.9 Å². The fourth-order valence-corrected chi connectivity index (χ4v) is 3.73. The van der Waals surface area contributed by atoms with Crippen LogP contribution >= 0.6 is 0 Å². The van der Waals surface area contributed by atoms with E-state index in [2.05, 4.69) is 58.0 Å². The molecule has 4 rings (SSSR count). The van der Waals surface area contributed by atoms with Crippen molar-refractivity contribution in [1.82, 2.24) is 29.2 Å². The first-order chi connectivity index (χ1) is 16.7. The molecule has 0 saturated heterocycles. The number of hydrogen-bond acceptors (Lipinski definition) is 7. The molecular weight excluding hydrogens is 442 g/mol. The van der Waals surface area contributed by atoms with Gasteiger partial charge in [-0.1, -0.05) is 24.3 Å². The van der Waals surface area contributed by atoms with Crippen LogP contribution in [0.2, 0.25) is 0 Å². The summed E-state index contributed by atoms with van der Waals surface area (Å²) in [4.78, 5) is 28.9. The lowest BCUT2D eigenvalue weighted by Gasteiger charge is -2.18. The van der Waals surface area contributed by atoms with Crippen molar-refractivity contribution < 1.29 is 5.11 Å².